The van der Waals surface area contributed by atoms with Crippen LogP contribution in [0.25, 0.3) is 0 Å². The number of rotatable bonds is 5. The van der Waals surface area contributed by atoms with E-state index in [1.807, 2.05) is 18.3 Å². The molecule has 2 heterocycles. The highest BCUT2D eigenvalue weighted by Gasteiger charge is 2.11. The van der Waals surface area contributed by atoms with Crippen LogP contribution in [0.4, 0.5) is 0 Å². The first-order chi connectivity index (χ1) is 7.90. The molecule has 0 saturated heterocycles. The Balaban J connectivity index is 2.09. The van der Waals surface area contributed by atoms with Gasteiger partial charge >= 0.3 is 0 Å². The van der Waals surface area contributed by atoms with Gasteiger partial charge in [-0.3, -0.25) is 4.98 Å². The van der Waals surface area contributed by atoms with Crippen molar-refractivity contribution in [3.05, 3.63) is 52.5 Å². The third-order valence-corrected chi connectivity index (χ3v) is 3.24. The van der Waals surface area contributed by atoms with Gasteiger partial charge in [-0.2, -0.15) is 11.3 Å². The minimum absolute atomic E-state index is 0.381. The number of likely N-dealkylation sites (N-methyl/N-ethyl adjacent to an activating group) is 1. The smallest absolute Gasteiger partial charge is 0.0422 e. The summed E-state index contributed by atoms with van der Waals surface area (Å²) in [6, 6.07) is 8.64. The first-order valence-corrected chi connectivity index (χ1v) is 6.50. The van der Waals surface area contributed by atoms with E-state index in [0.29, 0.717) is 6.04 Å². The molecule has 0 aliphatic heterocycles. The highest BCUT2D eigenvalue weighted by atomic mass is 32.1. The number of hydrogen-bond donors (Lipinski definition) is 1. The topological polar surface area (TPSA) is 24.9 Å². The standard InChI is InChI=1S/C13H16N2S/c1-2-14-13(11-6-8-16-10-11)9-12-5-3-4-7-15-12/h3-8,10,13-14H,2,9H2,1H3. The Morgan fingerprint density at radius 2 is 2.31 bits per heavy atom. The number of aromatic nitrogens is 1. The number of nitrogens with zero attached hydrogens (tertiary/aromatic N) is 1. The molecular formula is C13H16N2S. The predicted molar refractivity (Wildman–Crippen MR) is 68.7 cm³/mol. The van der Waals surface area contributed by atoms with E-state index in [1.54, 1.807) is 11.3 Å². The molecule has 0 aromatic carbocycles. The van der Waals surface area contributed by atoms with Crippen LogP contribution < -0.4 is 5.32 Å². The minimum atomic E-state index is 0.381. The Morgan fingerprint density at radius 3 is 2.94 bits per heavy atom. The monoisotopic (exact) mass is 232 g/mol. The Labute approximate surface area is 100 Å². The van der Waals surface area contributed by atoms with E-state index in [1.165, 1.54) is 5.56 Å². The predicted octanol–water partition coefficient (Wildman–Crippen LogP) is 3.04. The summed E-state index contributed by atoms with van der Waals surface area (Å²) in [6.07, 6.45) is 2.80. The molecule has 2 aromatic heterocycles. The summed E-state index contributed by atoms with van der Waals surface area (Å²) >= 11 is 1.74. The molecule has 1 N–H and O–H groups in total. The Hall–Kier alpha value is -1.19. The van der Waals surface area contributed by atoms with Crippen LogP contribution in [0.1, 0.15) is 24.2 Å². The van der Waals surface area contributed by atoms with Crippen molar-refractivity contribution in [2.75, 3.05) is 6.54 Å². The Bertz CT molecular complexity index is 397. The molecule has 2 rings (SSSR count). The van der Waals surface area contributed by atoms with Gasteiger partial charge < -0.3 is 5.32 Å². The molecule has 0 aliphatic carbocycles. The Morgan fingerprint density at radius 1 is 1.38 bits per heavy atom. The molecule has 0 spiro atoms. The molecular weight excluding hydrogens is 216 g/mol. The first-order valence-electron chi connectivity index (χ1n) is 5.55. The summed E-state index contributed by atoms with van der Waals surface area (Å²) in [4.78, 5) is 4.37. The lowest BCUT2D eigenvalue weighted by atomic mass is 10.0. The number of hydrogen-bond acceptors (Lipinski definition) is 3. The molecule has 2 aromatic rings. The van der Waals surface area contributed by atoms with Gasteiger partial charge in [0.1, 0.15) is 0 Å². The molecule has 0 saturated carbocycles. The number of pyridine rings is 1. The second-order valence-electron chi connectivity index (χ2n) is 3.69. The van der Waals surface area contributed by atoms with Crippen molar-refractivity contribution in [3.8, 4) is 0 Å². The van der Waals surface area contributed by atoms with Crippen molar-refractivity contribution in [2.24, 2.45) is 0 Å². The fourth-order valence-corrected chi connectivity index (χ4v) is 2.47. The average Bonchev–Trinajstić information content (AvgIpc) is 2.83. The van der Waals surface area contributed by atoms with Crippen LogP contribution in [-0.2, 0) is 6.42 Å². The average molecular weight is 232 g/mol. The van der Waals surface area contributed by atoms with Gasteiger partial charge in [-0.1, -0.05) is 13.0 Å². The van der Waals surface area contributed by atoms with Crippen LogP contribution in [0.5, 0.6) is 0 Å². The molecule has 0 radical (unpaired) electrons. The van der Waals surface area contributed by atoms with Crippen LogP contribution in [-0.4, -0.2) is 11.5 Å². The summed E-state index contributed by atoms with van der Waals surface area (Å²) in [7, 11) is 0. The largest absolute Gasteiger partial charge is 0.310 e. The highest BCUT2D eigenvalue weighted by Crippen LogP contribution is 2.19. The van der Waals surface area contributed by atoms with Gasteiger partial charge in [-0.25, -0.2) is 0 Å². The molecule has 2 nitrogen and oxygen atoms in total. The van der Waals surface area contributed by atoms with E-state index < -0.39 is 0 Å². The lowest BCUT2D eigenvalue weighted by Gasteiger charge is -2.16. The maximum absolute atomic E-state index is 4.37. The fraction of sp³-hybridized carbons (Fsp3) is 0.308. The normalized spacial score (nSPS) is 12.6. The van der Waals surface area contributed by atoms with Crippen LogP contribution in [0.15, 0.2) is 41.2 Å². The summed E-state index contributed by atoms with van der Waals surface area (Å²) < 4.78 is 0. The minimum Gasteiger partial charge on any atom is -0.310 e. The number of thiophene rings is 1. The van der Waals surface area contributed by atoms with Gasteiger partial charge in [0.2, 0.25) is 0 Å². The van der Waals surface area contributed by atoms with Crippen molar-refractivity contribution in [3.63, 3.8) is 0 Å². The zero-order valence-electron chi connectivity index (χ0n) is 9.39. The Kier molecular flexibility index (Phi) is 4.08. The second kappa shape index (κ2) is 5.77. The first kappa shape index (κ1) is 11.3. The van der Waals surface area contributed by atoms with Gasteiger partial charge in [0, 0.05) is 24.4 Å². The van der Waals surface area contributed by atoms with Crippen molar-refractivity contribution >= 4 is 11.3 Å². The molecule has 0 aliphatic rings. The van der Waals surface area contributed by atoms with Gasteiger partial charge in [0.05, 0.1) is 0 Å². The van der Waals surface area contributed by atoms with Crippen LogP contribution in [0, 0.1) is 0 Å². The maximum Gasteiger partial charge on any atom is 0.0422 e. The van der Waals surface area contributed by atoms with Crippen LogP contribution >= 0.6 is 11.3 Å². The quantitative estimate of drug-likeness (QED) is 0.857. The van der Waals surface area contributed by atoms with Gasteiger partial charge in [0.25, 0.3) is 0 Å². The number of nitrogens with one attached hydrogen (secondary N) is 1. The molecule has 84 valence electrons. The van der Waals surface area contributed by atoms with Crippen molar-refractivity contribution < 1.29 is 0 Å². The molecule has 0 amide bonds. The zero-order valence-corrected chi connectivity index (χ0v) is 10.2. The SMILES string of the molecule is CCNC(Cc1ccccn1)c1ccsc1. The van der Waals surface area contributed by atoms with E-state index in [-0.39, 0.29) is 0 Å². The van der Waals surface area contributed by atoms with Gasteiger partial charge in [0.15, 0.2) is 0 Å². The molecule has 3 heteroatoms. The van der Waals surface area contributed by atoms with Crippen molar-refractivity contribution in [2.45, 2.75) is 19.4 Å². The van der Waals surface area contributed by atoms with Gasteiger partial charge in [-0.15, -0.1) is 0 Å². The van der Waals surface area contributed by atoms with E-state index in [4.69, 9.17) is 0 Å². The van der Waals surface area contributed by atoms with E-state index in [0.717, 1.165) is 18.7 Å². The van der Waals surface area contributed by atoms with Crippen molar-refractivity contribution in [1.29, 1.82) is 0 Å². The lowest BCUT2D eigenvalue weighted by Crippen LogP contribution is -2.22. The molecule has 0 fully saturated rings. The van der Waals surface area contributed by atoms with Crippen molar-refractivity contribution in [1.82, 2.24) is 10.3 Å². The van der Waals surface area contributed by atoms with E-state index in [9.17, 15) is 0 Å². The van der Waals surface area contributed by atoms with Gasteiger partial charge in [-0.05, 0) is 41.1 Å². The summed E-state index contributed by atoms with van der Waals surface area (Å²) in [5.41, 5.74) is 2.50. The molecule has 16 heavy (non-hydrogen) atoms. The fourth-order valence-electron chi connectivity index (χ4n) is 1.76. The third kappa shape index (κ3) is 2.90. The summed E-state index contributed by atoms with van der Waals surface area (Å²) in [5.74, 6) is 0. The maximum atomic E-state index is 4.37. The summed E-state index contributed by atoms with van der Waals surface area (Å²) in [5, 5.41) is 7.83. The third-order valence-electron chi connectivity index (χ3n) is 2.54. The highest BCUT2D eigenvalue weighted by molar-refractivity contribution is 7.07. The van der Waals surface area contributed by atoms with Crippen LogP contribution in [0.3, 0.4) is 0 Å². The lowest BCUT2D eigenvalue weighted by molar-refractivity contribution is 0.545. The molecule has 1 atom stereocenters. The van der Waals surface area contributed by atoms with E-state index in [2.05, 4.69) is 40.1 Å². The molecule has 0 bridgehead atoms. The van der Waals surface area contributed by atoms with E-state index >= 15 is 0 Å². The zero-order chi connectivity index (χ0) is 11.2. The summed E-state index contributed by atoms with van der Waals surface area (Å²) in [6.45, 7) is 3.12. The molecule has 1 unspecified atom stereocenters. The second-order valence-corrected chi connectivity index (χ2v) is 4.47. The van der Waals surface area contributed by atoms with Crippen LogP contribution in [0.2, 0.25) is 0 Å².